The predicted octanol–water partition coefficient (Wildman–Crippen LogP) is 2.28. The minimum absolute atomic E-state index is 0.0198. The van der Waals surface area contributed by atoms with Gasteiger partial charge >= 0.3 is 6.09 Å². The molecular weight excluding hydrogens is 515 g/mol. The summed E-state index contributed by atoms with van der Waals surface area (Å²) in [7, 11) is 0. The topological polar surface area (TPSA) is 125 Å². The van der Waals surface area contributed by atoms with E-state index in [4.69, 9.17) is 16.3 Å². The molecule has 0 radical (unpaired) electrons. The van der Waals surface area contributed by atoms with Gasteiger partial charge in [-0.05, 0) is 41.3 Å². The summed E-state index contributed by atoms with van der Waals surface area (Å²) in [6, 6.07) is 12.6. The quantitative estimate of drug-likeness (QED) is 0.310. The van der Waals surface area contributed by atoms with E-state index in [9.17, 15) is 18.8 Å². The Morgan fingerprint density at radius 1 is 1.18 bits per heavy atom. The van der Waals surface area contributed by atoms with Crippen LogP contribution in [-0.4, -0.2) is 73.2 Å². The zero-order valence-corrected chi connectivity index (χ0v) is 21.3. The molecule has 38 heavy (non-hydrogen) atoms. The van der Waals surface area contributed by atoms with E-state index in [1.165, 1.54) is 24.4 Å². The van der Waals surface area contributed by atoms with Crippen LogP contribution in [0.5, 0.6) is 0 Å². The molecule has 10 nitrogen and oxygen atoms in total. The largest absolute Gasteiger partial charge is 0.447 e. The van der Waals surface area contributed by atoms with Gasteiger partial charge in [0, 0.05) is 42.8 Å². The smallest absolute Gasteiger partial charge is 0.412 e. The summed E-state index contributed by atoms with van der Waals surface area (Å²) in [5.41, 5.74) is 0.864. The van der Waals surface area contributed by atoms with Crippen LogP contribution < -0.4 is 21.3 Å². The number of aromatic nitrogens is 1. The molecule has 0 bridgehead atoms. The van der Waals surface area contributed by atoms with Crippen molar-refractivity contribution in [3.63, 3.8) is 0 Å². The van der Waals surface area contributed by atoms with Gasteiger partial charge in [-0.1, -0.05) is 29.8 Å². The van der Waals surface area contributed by atoms with Crippen LogP contribution in [0.4, 0.5) is 15.0 Å². The Morgan fingerprint density at radius 2 is 2.03 bits per heavy atom. The van der Waals surface area contributed by atoms with Gasteiger partial charge in [-0.15, -0.1) is 0 Å². The molecule has 1 aromatic heterocycles. The molecule has 1 aliphatic heterocycles. The van der Waals surface area contributed by atoms with E-state index < -0.39 is 18.0 Å². The maximum Gasteiger partial charge on any atom is 0.412 e. The molecule has 12 heteroatoms. The van der Waals surface area contributed by atoms with Crippen molar-refractivity contribution in [1.82, 2.24) is 25.8 Å². The lowest BCUT2D eigenvalue weighted by Gasteiger charge is -2.30. The highest BCUT2D eigenvalue weighted by molar-refractivity contribution is 6.31. The summed E-state index contributed by atoms with van der Waals surface area (Å²) in [6.07, 6.45) is 0.741. The summed E-state index contributed by atoms with van der Waals surface area (Å²) in [6.45, 7) is 1.88. The van der Waals surface area contributed by atoms with Crippen molar-refractivity contribution in [3.8, 4) is 0 Å². The Hall–Kier alpha value is -3.80. The van der Waals surface area contributed by atoms with Crippen LogP contribution in [0.25, 0.3) is 10.8 Å². The number of nitrogens with zero attached hydrogens (tertiary/aromatic N) is 2. The molecular formula is C26H28ClFN6O4. The summed E-state index contributed by atoms with van der Waals surface area (Å²) in [5, 5.41) is 13.1. The number of piperazine rings is 1. The standard InChI is InChI=1S/C26H28ClFN6O4/c27-22-4-2-1-3-18(22)11-29-13-24(35)32-21(14-34-8-7-30-25(36)15-34)16-38-26(37)33-23-10-19-9-20(28)6-5-17(19)12-31-23/h1-6,9-10,12,21,29H,7-8,11,13-16H2,(H,30,36)(H,32,35)(H,31,33,37)/t21-/m0/s1. The van der Waals surface area contributed by atoms with Gasteiger partial charge in [0.1, 0.15) is 18.2 Å². The average molecular weight is 543 g/mol. The van der Waals surface area contributed by atoms with Crippen molar-refractivity contribution in [2.24, 2.45) is 0 Å². The number of fused-ring (bicyclic) bond motifs is 1. The number of amides is 3. The Kier molecular flexibility index (Phi) is 9.41. The van der Waals surface area contributed by atoms with Crippen LogP contribution >= 0.6 is 11.6 Å². The zero-order valence-electron chi connectivity index (χ0n) is 20.5. The normalized spacial score (nSPS) is 14.5. The molecule has 3 aromatic rings. The second-order valence-electron chi connectivity index (χ2n) is 8.83. The molecule has 0 unspecified atom stereocenters. The van der Waals surface area contributed by atoms with E-state index in [1.807, 2.05) is 23.1 Å². The number of rotatable bonds is 10. The fraction of sp³-hybridized carbons (Fsp3) is 0.308. The molecule has 1 atom stereocenters. The van der Waals surface area contributed by atoms with Gasteiger partial charge in [-0.2, -0.15) is 0 Å². The maximum absolute atomic E-state index is 13.5. The van der Waals surface area contributed by atoms with Crippen molar-refractivity contribution >= 4 is 46.1 Å². The average Bonchev–Trinajstić information content (AvgIpc) is 2.88. The third-order valence-electron chi connectivity index (χ3n) is 5.85. The van der Waals surface area contributed by atoms with Gasteiger partial charge in [-0.3, -0.25) is 19.8 Å². The molecule has 0 saturated carbocycles. The number of hydrogen-bond donors (Lipinski definition) is 4. The fourth-order valence-corrected chi connectivity index (χ4v) is 4.23. The molecule has 1 fully saturated rings. The fourth-order valence-electron chi connectivity index (χ4n) is 4.03. The van der Waals surface area contributed by atoms with E-state index in [-0.39, 0.29) is 37.3 Å². The second kappa shape index (κ2) is 13.1. The van der Waals surface area contributed by atoms with Gasteiger partial charge in [-0.25, -0.2) is 14.2 Å². The number of ether oxygens (including phenoxy) is 1. The van der Waals surface area contributed by atoms with Crippen molar-refractivity contribution in [1.29, 1.82) is 0 Å². The lowest BCUT2D eigenvalue weighted by molar-refractivity contribution is -0.124. The number of halogens is 2. The molecule has 1 saturated heterocycles. The van der Waals surface area contributed by atoms with E-state index in [0.29, 0.717) is 36.6 Å². The Morgan fingerprint density at radius 3 is 2.84 bits per heavy atom. The predicted molar refractivity (Wildman–Crippen MR) is 141 cm³/mol. The summed E-state index contributed by atoms with van der Waals surface area (Å²) >= 11 is 6.15. The van der Waals surface area contributed by atoms with Gasteiger partial charge in [0.15, 0.2) is 0 Å². The molecule has 0 spiro atoms. The summed E-state index contributed by atoms with van der Waals surface area (Å²) in [4.78, 5) is 42.9. The van der Waals surface area contributed by atoms with E-state index >= 15 is 0 Å². The first-order chi connectivity index (χ1) is 18.4. The number of anilines is 1. The first kappa shape index (κ1) is 27.2. The molecule has 1 aliphatic rings. The van der Waals surface area contributed by atoms with E-state index in [2.05, 4.69) is 26.3 Å². The molecule has 0 aliphatic carbocycles. The lowest BCUT2D eigenvalue weighted by atomic mass is 10.2. The molecule has 2 aromatic carbocycles. The van der Waals surface area contributed by atoms with Gasteiger partial charge in [0.2, 0.25) is 11.8 Å². The SMILES string of the molecule is O=C1CN(C[C@@H](COC(=O)Nc2cc3cc(F)ccc3cn2)NC(=O)CNCc2ccccc2Cl)CCN1. The molecule has 2 heterocycles. The first-order valence-electron chi connectivity index (χ1n) is 12.1. The number of nitrogens with one attached hydrogen (secondary N) is 4. The number of benzene rings is 2. The highest BCUT2D eigenvalue weighted by Gasteiger charge is 2.23. The number of hydrogen-bond acceptors (Lipinski definition) is 7. The highest BCUT2D eigenvalue weighted by atomic mass is 35.5. The van der Waals surface area contributed by atoms with Crippen LogP contribution in [0, 0.1) is 5.82 Å². The second-order valence-corrected chi connectivity index (χ2v) is 9.24. The van der Waals surface area contributed by atoms with Crippen LogP contribution in [0.2, 0.25) is 5.02 Å². The molecule has 4 rings (SSSR count). The van der Waals surface area contributed by atoms with Gasteiger partial charge < -0.3 is 20.7 Å². The summed E-state index contributed by atoms with van der Waals surface area (Å²) in [5.74, 6) is -0.611. The molecule has 3 amide bonds. The first-order valence-corrected chi connectivity index (χ1v) is 12.4. The van der Waals surface area contributed by atoms with Crippen LogP contribution in [0.15, 0.2) is 54.7 Å². The third kappa shape index (κ3) is 8.10. The monoisotopic (exact) mass is 542 g/mol. The number of carbonyl (C=O) groups is 3. The van der Waals surface area contributed by atoms with Crippen molar-refractivity contribution < 1.29 is 23.5 Å². The van der Waals surface area contributed by atoms with E-state index in [1.54, 1.807) is 12.1 Å². The van der Waals surface area contributed by atoms with Crippen LogP contribution in [0.3, 0.4) is 0 Å². The molecule has 4 N–H and O–H groups in total. The maximum atomic E-state index is 13.5. The highest BCUT2D eigenvalue weighted by Crippen LogP contribution is 2.18. The third-order valence-corrected chi connectivity index (χ3v) is 6.22. The van der Waals surface area contributed by atoms with Crippen LogP contribution in [0.1, 0.15) is 5.56 Å². The minimum Gasteiger partial charge on any atom is -0.447 e. The van der Waals surface area contributed by atoms with Crippen molar-refractivity contribution in [2.75, 3.05) is 44.6 Å². The Bertz CT molecular complexity index is 1310. The Balaban J connectivity index is 1.31. The van der Waals surface area contributed by atoms with Crippen molar-refractivity contribution in [3.05, 3.63) is 71.1 Å². The zero-order chi connectivity index (χ0) is 26.9. The Labute approximate surface area is 223 Å². The van der Waals surface area contributed by atoms with E-state index in [0.717, 1.165) is 10.9 Å². The van der Waals surface area contributed by atoms with Gasteiger partial charge in [0.05, 0.1) is 19.1 Å². The van der Waals surface area contributed by atoms with Crippen LogP contribution in [-0.2, 0) is 20.9 Å². The minimum atomic E-state index is -0.777. The van der Waals surface area contributed by atoms with Crippen molar-refractivity contribution in [2.45, 2.75) is 12.6 Å². The molecule has 200 valence electrons. The summed E-state index contributed by atoms with van der Waals surface area (Å²) < 4.78 is 18.9. The van der Waals surface area contributed by atoms with Gasteiger partial charge in [0.25, 0.3) is 0 Å². The number of carbonyl (C=O) groups excluding carboxylic acids is 3. The lowest BCUT2D eigenvalue weighted by Crippen LogP contribution is -2.54. The number of pyridine rings is 1.